The van der Waals surface area contributed by atoms with E-state index in [9.17, 15) is 27.9 Å². The Kier molecular flexibility index (Phi) is 4.61. The quantitative estimate of drug-likeness (QED) is 0.660. The maximum atomic E-state index is 13.7. The zero-order valence-corrected chi connectivity index (χ0v) is 17.2. The third kappa shape index (κ3) is 3.35. The molecule has 1 aromatic carbocycles. The number of piperidine rings is 1. The van der Waals surface area contributed by atoms with Gasteiger partial charge in [-0.15, -0.1) is 0 Å². The molecule has 170 valence electrons. The minimum Gasteiger partial charge on any atom is -0.492 e. The van der Waals surface area contributed by atoms with Crippen LogP contribution in [-0.4, -0.2) is 43.1 Å². The van der Waals surface area contributed by atoms with E-state index in [0.717, 1.165) is 29.7 Å². The van der Waals surface area contributed by atoms with Crippen LogP contribution in [0.4, 0.5) is 13.2 Å². The van der Waals surface area contributed by atoms with E-state index in [2.05, 4.69) is 9.40 Å². The minimum atomic E-state index is -4.57. The number of aromatic hydroxyl groups is 1. The van der Waals surface area contributed by atoms with Gasteiger partial charge in [-0.1, -0.05) is 0 Å². The Bertz CT molecular complexity index is 1260. The van der Waals surface area contributed by atoms with Crippen molar-refractivity contribution in [3.63, 3.8) is 0 Å². The number of likely N-dealkylation sites (tertiary alicyclic amines) is 1. The molecule has 0 radical (unpaired) electrons. The zero-order chi connectivity index (χ0) is 22.8. The van der Waals surface area contributed by atoms with Crippen LogP contribution >= 0.6 is 0 Å². The lowest BCUT2D eigenvalue weighted by Crippen LogP contribution is -2.41. The number of aryl methyl sites for hydroxylation is 1. The van der Waals surface area contributed by atoms with E-state index in [1.807, 2.05) is 0 Å². The number of hydrogen-bond donors (Lipinski definition) is 1. The number of imidazole rings is 1. The van der Waals surface area contributed by atoms with Crippen molar-refractivity contribution in [2.75, 3.05) is 13.1 Å². The van der Waals surface area contributed by atoms with Crippen LogP contribution in [0.2, 0.25) is 0 Å². The predicted molar refractivity (Wildman–Crippen MR) is 106 cm³/mol. The molecule has 11 heteroatoms. The SMILES string of the molecule is Cn1c(C(=O)N2CCC(n3c(O)coc3=O)CC2)nc2c(C(F)(F)F)cc(C3CC3)cc21. The third-order valence-corrected chi connectivity index (χ3v) is 6.38. The van der Waals surface area contributed by atoms with Gasteiger partial charge >= 0.3 is 11.9 Å². The monoisotopic (exact) mass is 450 g/mol. The number of oxazole rings is 1. The molecule has 2 aliphatic rings. The fourth-order valence-electron chi connectivity index (χ4n) is 4.48. The normalized spacial score (nSPS) is 17.9. The summed E-state index contributed by atoms with van der Waals surface area (Å²) >= 11 is 0. The molecule has 0 atom stereocenters. The van der Waals surface area contributed by atoms with Crippen molar-refractivity contribution >= 4 is 16.9 Å². The zero-order valence-electron chi connectivity index (χ0n) is 17.2. The summed E-state index contributed by atoms with van der Waals surface area (Å²) in [5.41, 5.74) is -0.134. The van der Waals surface area contributed by atoms with Crippen LogP contribution in [0.15, 0.2) is 27.6 Å². The summed E-state index contributed by atoms with van der Waals surface area (Å²) in [5.74, 6) is -1.35. The fourth-order valence-corrected chi connectivity index (χ4v) is 4.48. The fraction of sp³-hybridized carbons (Fsp3) is 0.476. The Labute approximate surface area is 179 Å². The molecule has 8 nitrogen and oxygen atoms in total. The summed E-state index contributed by atoms with van der Waals surface area (Å²) in [6.07, 6.45) is -1.11. The van der Waals surface area contributed by atoms with E-state index in [-0.39, 0.29) is 47.8 Å². The van der Waals surface area contributed by atoms with E-state index < -0.39 is 23.4 Å². The van der Waals surface area contributed by atoms with Gasteiger partial charge in [0.2, 0.25) is 5.88 Å². The Morgan fingerprint density at radius 1 is 1.19 bits per heavy atom. The maximum absolute atomic E-state index is 13.7. The molecule has 3 aromatic rings. The van der Waals surface area contributed by atoms with Crippen molar-refractivity contribution in [3.8, 4) is 5.88 Å². The van der Waals surface area contributed by atoms with Crippen LogP contribution in [0.3, 0.4) is 0 Å². The number of nitrogens with zero attached hydrogens (tertiary/aromatic N) is 4. The van der Waals surface area contributed by atoms with Gasteiger partial charge in [0.25, 0.3) is 5.91 Å². The summed E-state index contributed by atoms with van der Waals surface area (Å²) in [6.45, 7) is 0.534. The Balaban J connectivity index is 1.44. The van der Waals surface area contributed by atoms with Crippen LogP contribution in [-0.2, 0) is 13.2 Å². The largest absolute Gasteiger partial charge is 0.492 e. The number of halogens is 3. The standard InChI is InChI=1S/C21H21F3N4O4/c1-26-15-9-12(11-2-3-11)8-14(21(22,23)24)17(15)25-18(26)19(30)27-6-4-13(5-7-27)28-16(29)10-32-20(28)31/h8-11,13,29H,2-7H2,1H3. The molecule has 1 aliphatic carbocycles. The van der Waals surface area contributed by atoms with Crippen LogP contribution in [0.5, 0.6) is 5.88 Å². The molecule has 1 N–H and O–H groups in total. The van der Waals surface area contributed by atoms with Crippen molar-refractivity contribution in [2.45, 2.75) is 43.8 Å². The summed E-state index contributed by atoms with van der Waals surface area (Å²) in [4.78, 5) is 30.5. The molecule has 5 rings (SSSR count). The molecule has 1 saturated carbocycles. The van der Waals surface area contributed by atoms with E-state index in [0.29, 0.717) is 18.4 Å². The van der Waals surface area contributed by atoms with Crippen molar-refractivity contribution in [1.29, 1.82) is 0 Å². The Morgan fingerprint density at radius 3 is 2.44 bits per heavy atom. The van der Waals surface area contributed by atoms with Crippen LogP contribution < -0.4 is 5.76 Å². The second-order valence-corrected chi connectivity index (χ2v) is 8.46. The molecule has 3 heterocycles. The van der Waals surface area contributed by atoms with Gasteiger partial charge in [0.1, 0.15) is 5.52 Å². The summed E-state index contributed by atoms with van der Waals surface area (Å²) in [6, 6.07) is 2.53. The highest BCUT2D eigenvalue weighted by atomic mass is 19.4. The lowest BCUT2D eigenvalue weighted by Gasteiger charge is -2.31. The first-order chi connectivity index (χ1) is 15.1. The molecule has 2 fully saturated rings. The summed E-state index contributed by atoms with van der Waals surface area (Å²) in [7, 11) is 1.55. The van der Waals surface area contributed by atoms with Crippen molar-refractivity contribution < 1.29 is 27.5 Å². The van der Waals surface area contributed by atoms with E-state index in [4.69, 9.17) is 0 Å². The number of fused-ring (bicyclic) bond motifs is 1. The van der Waals surface area contributed by atoms with Gasteiger partial charge in [-0.2, -0.15) is 13.2 Å². The van der Waals surface area contributed by atoms with E-state index in [1.54, 1.807) is 13.1 Å². The highest BCUT2D eigenvalue weighted by Gasteiger charge is 2.38. The van der Waals surface area contributed by atoms with Gasteiger partial charge < -0.3 is 19.0 Å². The molecule has 0 unspecified atom stereocenters. The molecule has 32 heavy (non-hydrogen) atoms. The number of aromatic nitrogens is 3. The first-order valence-corrected chi connectivity index (χ1v) is 10.4. The van der Waals surface area contributed by atoms with Gasteiger partial charge in [0, 0.05) is 26.2 Å². The Morgan fingerprint density at radius 2 is 1.88 bits per heavy atom. The van der Waals surface area contributed by atoms with Gasteiger partial charge in [-0.3, -0.25) is 4.79 Å². The van der Waals surface area contributed by atoms with Crippen LogP contribution in [0.25, 0.3) is 11.0 Å². The first-order valence-electron chi connectivity index (χ1n) is 10.4. The number of alkyl halides is 3. The predicted octanol–water partition coefficient (Wildman–Crippen LogP) is 3.41. The second-order valence-electron chi connectivity index (χ2n) is 8.46. The molecule has 1 saturated heterocycles. The average molecular weight is 450 g/mol. The topological polar surface area (TPSA) is 93.5 Å². The number of benzene rings is 1. The summed E-state index contributed by atoms with van der Waals surface area (Å²) in [5, 5.41) is 9.79. The smallest absolute Gasteiger partial charge is 0.422 e. The molecule has 1 aliphatic heterocycles. The van der Waals surface area contributed by atoms with Gasteiger partial charge in [-0.25, -0.2) is 14.3 Å². The lowest BCUT2D eigenvalue weighted by molar-refractivity contribution is -0.136. The maximum Gasteiger partial charge on any atom is 0.422 e. The van der Waals surface area contributed by atoms with E-state index >= 15 is 0 Å². The number of hydrogen-bond acceptors (Lipinski definition) is 5. The number of amides is 1. The first kappa shape index (κ1) is 20.7. The van der Waals surface area contributed by atoms with Crippen LogP contribution in [0.1, 0.15) is 59.4 Å². The molecule has 0 spiro atoms. The van der Waals surface area contributed by atoms with Gasteiger partial charge in [-0.05, 0) is 49.3 Å². The summed E-state index contributed by atoms with van der Waals surface area (Å²) < 4.78 is 48.4. The number of rotatable bonds is 3. The molecular formula is C21H21F3N4O4. The highest BCUT2D eigenvalue weighted by Crippen LogP contribution is 2.44. The number of carbonyl (C=O) groups excluding carboxylic acids is 1. The average Bonchev–Trinajstić information content (AvgIpc) is 3.48. The second kappa shape index (κ2) is 7.14. The third-order valence-electron chi connectivity index (χ3n) is 6.38. The highest BCUT2D eigenvalue weighted by molar-refractivity contribution is 5.96. The molecule has 2 aromatic heterocycles. The van der Waals surface area contributed by atoms with Gasteiger partial charge in [0.05, 0.1) is 11.1 Å². The van der Waals surface area contributed by atoms with E-state index in [1.165, 1.54) is 9.47 Å². The number of carbonyl (C=O) groups is 1. The molecule has 1 amide bonds. The van der Waals surface area contributed by atoms with Crippen LogP contribution in [0, 0.1) is 0 Å². The van der Waals surface area contributed by atoms with Crippen molar-refractivity contribution in [1.82, 2.24) is 19.0 Å². The van der Waals surface area contributed by atoms with Crippen molar-refractivity contribution in [2.24, 2.45) is 7.05 Å². The lowest BCUT2D eigenvalue weighted by atomic mass is 10.0. The van der Waals surface area contributed by atoms with Gasteiger partial charge in [0.15, 0.2) is 12.1 Å². The molecular weight excluding hydrogens is 429 g/mol. The minimum absolute atomic E-state index is 0.0553. The Hall–Kier alpha value is -3.24. The molecule has 0 bridgehead atoms. The van der Waals surface area contributed by atoms with Crippen molar-refractivity contribution in [3.05, 3.63) is 45.9 Å².